The third-order valence-electron chi connectivity index (χ3n) is 3.19. The first kappa shape index (κ1) is 13.8. The topological polar surface area (TPSA) is 69.3 Å². The lowest BCUT2D eigenvalue weighted by molar-refractivity contribution is 0.233. The molecule has 19 heavy (non-hydrogen) atoms. The minimum atomic E-state index is -3.46. The van der Waals surface area contributed by atoms with Gasteiger partial charge in [0.15, 0.2) is 5.03 Å². The summed E-state index contributed by atoms with van der Waals surface area (Å²) >= 11 is 0. The normalized spacial score (nSPS) is 18.6. The van der Waals surface area contributed by atoms with Crippen molar-refractivity contribution in [2.75, 3.05) is 26.2 Å². The molecule has 0 atom stereocenters. The molecule has 0 amide bonds. The van der Waals surface area contributed by atoms with Crippen molar-refractivity contribution >= 4 is 10.0 Å². The number of piperazine rings is 1. The van der Waals surface area contributed by atoms with Crippen LogP contribution in [0.4, 0.5) is 0 Å². The van der Waals surface area contributed by atoms with Gasteiger partial charge in [0.2, 0.25) is 0 Å². The summed E-state index contributed by atoms with van der Waals surface area (Å²) in [6.45, 7) is 7.95. The summed E-state index contributed by atoms with van der Waals surface area (Å²) < 4.78 is 26.0. The van der Waals surface area contributed by atoms with E-state index in [-0.39, 0.29) is 5.03 Å². The van der Waals surface area contributed by atoms with Gasteiger partial charge in [-0.3, -0.25) is 0 Å². The molecule has 0 spiro atoms. The number of aromatic nitrogens is 2. The lowest BCUT2D eigenvalue weighted by atomic mass is 10.3. The fraction of sp³-hybridized carbons (Fsp3) is 0.417. The second-order valence-electron chi connectivity index (χ2n) is 4.22. The zero-order valence-electron chi connectivity index (χ0n) is 10.9. The molecular formula is C12H18N4O2S. The summed E-state index contributed by atoms with van der Waals surface area (Å²) in [4.78, 5) is 8.62. The minimum Gasteiger partial charge on any atom is -0.369 e. The fourth-order valence-corrected chi connectivity index (χ4v) is 3.45. The predicted molar refractivity (Wildman–Crippen MR) is 72.9 cm³/mol. The van der Waals surface area contributed by atoms with Crippen LogP contribution in [0.2, 0.25) is 0 Å². The van der Waals surface area contributed by atoms with Crippen LogP contribution in [0.5, 0.6) is 0 Å². The van der Waals surface area contributed by atoms with E-state index in [9.17, 15) is 8.42 Å². The van der Waals surface area contributed by atoms with Crippen molar-refractivity contribution in [3.8, 4) is 0 Å². The van der Waals surface area contributed by atoms with Gasteiger partial charge in [-0.05, 0) is 13.0 Å². The maximum Gasteiger partial charge on any atom is 0.262 e. The van der Waals surface area contributed by atoms with Crippen molar-refractivity contribution in [2.24, 2.45) is 0 Å². The van der Waals surface area contributed by atoms with Crippen molar-refractivity contribution in [1.29, 1.82) is 0 Å². The average molecular weight is 282 g/mol. The van der Waals surface area contributed by atoms with Gasteiger partial charge in [0, 0.05) is 38.1 Å². The van der Waals surface area contributed by atoms with Gasteiger partial charge in [-0.25, -0.2) is 13.4 Å². The monoisotopic (exact) mass is 282 g/mol. The first-order chi connectivity index (χ1) is 9.09. The van der Waals surface area contributed by atoms with E-state index >= 15 is 0 Å². The highest BCUT2D eigenvalue weighted by molar-refractivity contribution is 7.89. The number of imidazole rings is 1. The number of sulfonamides is 1. The molecule has 1 aromatic heterocycles. The molecule has 2 heterocycles. The fourth-order valence-electron chi connectivity index (χ4n) is 2.14. The number of H-pyrrole nitrogens is 1. The van der Waals surface area contributed by atoms with Crippen molar-refractivity contribution in [3.05, 3.63) is 37.0 Å². The number of aromatic amines is 1. The standard InChI is InChI=1S/C12H18N4O2S/c1-3-11(4-2)15-5-7-16(8-6-15)19(17,18)12-9-13-10-14-12/h3-4,9-10H,1,5-8H2,2H3,(H,13,14)/b11-4+. The number of hydrogen-bond donors (Lipinski definition) is 1. The summed E-state index contributed by atoms with van der Waals surface area (Å²) in [6, 6.07) is 0. The van der Waals surface area contributed by atoms with Crippen molar-refractivity contribution in [1.82, 2.24) is 19.2 Å². The molecule has 0 saturated carbocycles. The van der Waals surface area contributed by atoms with E-state index in [1.54, 1.807) is 6.08 Å². The number of nitrogens with one attached hydrogen (secondary N) is 1. The molecule has 7 heteroatoms. The number of rotatable bonds is 4. The van der Waals surface area contributed by atoms with Gasteiger partial charge in [0.1, 0.15) is 0 Å². The molecule has 1 saturated heterocycles. The maximum atomic E-state index is 12.3. The molecule has 2 rings (SSSR count). The Morgan fingerprint density at radius 1 is 1.42 bits per heavy atom. The van der Waals surface area contributed by atoms with Crippen LogP contribution in [0.1, 0.15) is 6.92 Å². The van der Waals surface area contributed by atoms with Crippen molar-refractivity contribution in [2.45, 2.75) is 11.9 Å². The van der Waals surface area contributed by atoms with Crippen LogP contribution in [0.15, 0.2) is 42.0 Å². The molecule has 0 unspecified atom stereocenters. The van der Waals surface area contributed by atoms with Crippen LogP contribution < -0.4 is 0 Å². The highest BCUT2D eigenvalue weighted by Crippen LogP contribution is 2.17. The molecule has 1 aliphatic heterocycles. The van der Waals surface area contributed by atoms with E-state index in [1.165, 1.54) is 16.8 Å². The smallest absolute Gasteiger partial charge is 0.262 e. The molecule has 0 bridgehead atoms. The van der Waals surface area contributed by atoms with Crippen molar-refractivity contribution in [3.63, 3.8) is 0 Å². The van der Waals surface area contributed by atoms with Crippen LogP contribution >= 0.6 is 0 Å². The quantitative estimate of drug-likeness (QED) is 0.830. The molecule has 1 aliphatic rings. The van der Waals surface area contributed by atoms with Gasteiger partial charge in [0.05, 0.1) is 6.33 Å². The summed E-state index contributed by atoms with van der Waals surface area (Å²) in [5.41, 5.74) is 1.04. The van der Waals surface area contributed by atoms with Crippen molar-refractivity contribution < 1.29 is 8.42 Å². The number of hydrogen-bond acceptors (Lipinski definition) is 4. The molecule has 6 nitrogen and oxygen atoms in total. The summed E-state index contributed by atoms with van der Waals surface area (Å²) in [5.74, 6) is 0. The number of allylic oxidation sites excluding steroid dienone is 2. The van der Waals surface area contributed by atoms with Gasteiger partial charge >= 0.3 is 0 Å². The zero-order valence-corrected chi connectivity index (χ0v) is 11.7. The third kappa shape index (κ3) is 2.71. The number of nitrogens with zero attached hydrogens (tertiary/aromatic N) is 3. The zero-order chi connectivity index (χ0) is 13.9. The SMILES string of the molecule is C=C/C(=C\C)N1CCN(S(=O)(=O)c2c[nH]cn2)CC1. The molecular weight excluding hydrogens is 264 g/mol. The molecule has 0 aliphatic carbocycles. The highest BCUT2D eigenvalue weighted by Gasteiger charge is 2.29. The van der Waals surface area contributed by atoms with Gasteiger partial charge in [0.25, 0.3) is 10.0 Å². The molecule has 0 aromatic carbocycles. The summed E-state index contributed by atoms with van der Waals surface area (Å²) in [6.07, 6.45) is 6.55. The Balaban J connectivity index is 2.07. The Morgan fingerprint density at radius 3 is 2.58 bits per heavy atom. The molecule has 104 valence electrons. The Labute approximate surface area is 113 Å². The van der Waals surface area contributed by atoms with Crippen LogP contribution in [-0.2, 0) is 10.0 Å². The van der Waals surface area contributed by atoms with Gasteiger partial charge in [-0.15, -0.1) is 0 Å². The first-order valence-corrected chi connectivity index (χ1v) is 7.56. The van der Waals surface area contributed by atoms with E-state index < -0.39 is 10.0 Å². The predicted octanol–water partition coefficient (Wildman–Crippen LogP) is 0.806. The average Bonchev–Trinajstić information content (AvgIpc) is 2.95. The van der Waals surface area contributed by atoms with E-state index in [1.807, 2.05) is 13.0 Å². The highest BCUT2D eigenvalue weighted by atomic mass is 32.2. The summed E-state index contributed by atoms with van der Waals surface area (Å²) in [5, 5.41) is 0.0796. The maximum absolute atomic E-state index is 12.3. The molecule has 1 fully saturated rings. The minimum absolute atomic E-state index is 0.0796. The van der Waals surface area contributed by atoms with Gasteiger partial charge < -0.3 is 9.88 Å². The Kier molecular flexibility index (Phi) is 4.06. The lowest BCUT2D eigenvalue weighted by Gasteiger charge is -2.35. The molecule has 0 radical (unpaired) electrons. The van der Waals surface area contributed by atoms with E-state index in [2.05, 4.69) is 21.4 Å². The van der Waals surface area contributed by atoms with E-state index in [0.29, 0.717) is 26.2 Å². The molecule has 1 aromatic rings. The van der Waals surface area contributed by atoms with Gasteiger partial charge in [-0.2, -0.15) is 4.31 Å². The van der Waals surface area contributed by atoms with Crippen LogP contribution in [-0.4, -0.2) is 53.8 Å². The third-order valence-corrected chi connectivity index (χ3v) is 4.98. The van der Waals surface area contributed by atoms with Crippen LogP contribution in [0.25, 0.3) is 0 Å². The van der Waals surface area contributed by atoms with Crippen LogP contribution in [0, 0.1) is 0 Å². The van der Waals surface area contributed by atoms with Crippen LogP contribution in [0.3, 0.4) is 0 Å². The molecule has 1 N–H and O–H groups in total. The Hall–Kier alpha value is -1.60. The Morgan fingerprint density at radius 2 is 2.11 bits per heavy atom. The van der Waals surface area contributed by atoms with Gasteiger partial charge in [-0.1, -0.05) is 12.7 Å². The van der Waals surface area contributed by atoms with E-state index in [0.717, 1.165) is 5.70 Å². The first-order valence-electron chi connectivity index (χ1n) is 6.12. The van der Waals surface area contributed by atoms with E-state index in [4.69, 9.17) is 0 Å². The summed E-state index contributed by atoms with van der Waals surface area (Å²) in [7, 11) is -3.46. The second-order valence-corrected chi connectivity index (χ2v) is 6.10. The second kappa shape index (κ2) is 5.58. The lowest BCUT2D eigenvalue weighted by Crippen LogP contribution is -2.47. The largest absolute Gasteiger partial charge is 0.369 e. The Bertz CT molecular complexity index is 555.